The van der Waals surface area contributed by atoms with Gasteiger partial charge < -0.3 is 4.57 Å². The van der Waals surface area contributed by atoms with Gasteiger partial charge in [0.05, 0.1) is 16.4 Å². The molecule has 2 heterocycles. The minimum absolute atomic E-state index is 0.440. The largest absolute Gasteiger partial charge is 0.309 e. The number of para-hydroxylation sites is 1. The molecule has 63 heavy (non-hydrogen) atoms. The summed E-state index contributed by atoms with van der Waals surface area (Å²) in [4.78, 5) is 2.64. The molecule has 2 aliphatic rings. The summed E-state index contributed by atoms with van der Waals surface area (Å²) in [6.45, 7) is 0. The Kier molecular flexibility index (Phi) is 7.32. The van der Waals surface area contributed by atoms with E-state index in [9.17, 15) is 0 Å². The van der Waals surface area contributed by atoms with Crippen molar-refractivity contribution in [2.75, 3.05) is 0 Å². The third kappa shape index (κ3) is 4.84. The summed E-state index contributed by atoms with van der Waals surface area (Å²) in [5.74, 6) is 0. The molecule has 0 saturated carbocycles. The molecular formula is C61H37NS. The van der Waals surface area contributed by atoms with E-state index in [-0.39, 0.29) is 0 Å². The first-order chi connectivity index (χ1) is 31.2. The molecule has 1 aromatic heterocycles. The summed E-state index contributed by atoms with van der Waals surface area (Å²) >= 11 is 1.89. The van der Waals surface area contributed by atoms with E-state index in [1.807, 2.05) is 11.8 Å². The van der Waals surface area contributed by atoms with Crippen molar-refractivity contribution in [2.24, 2.45) is 0 Å². The molecule has 0 N–H and O–H groups in total. The molecule has 0 saturated heterocycles. The van der Waals surface area contributed by atoms with Crippen molar-refractivity contribution in [3.8, 4) is 39.1 Å². The normalized spacial score (nSPS) is 13.5. The van der Waals surface area contributed by atoms with Crippen LogP contribution in [0.15, 0.2) is 234 Å². The van der Waals surface area contributed by atoms with Crippen LogP contribution in [0.25, 0.3) is 93.2 Å². The minimum Gasteiger partial charge on any atom is -0.309 e. The lowest BCUT2D eigenvalue weighted by molar-refractivity contribution is 0.723. The zero-order valence-electron chi connectivity index (χ0n) is 34.2. The number of hydrogen-bond acceptors (Lipinski definition) is 1. The van der Waals surface area contributed by atoms with Crippen LogP contribution in [0.1, 0.15) is 22.3 Å². The fraction of sp³-hybridized carbons (Fsp3) is 0.0164. The Balaban J connectivity index is 0.990. The smallest absolute Gasteiger partial charge is 0.0736 e. The van der Waals surface area contributed by atoms with E-state index >= 15 is 0 Å². The van der Waals surface area contributed by atoms with E-state index in [0.29, 0.717) is 0 Å². The third-order valence-corrected chi connectivity index (χ3v) is 15.2. The molecular weight excluding hydrogens is 779 g/mol. The maximum atomic E-state index is 2.54. The number of fused-ring (bicyclic) bond motifs is 18. The number of rotatable bonds is 3. The Morgan fingerprint density at radius 2 is 0.794 bits per heavy atom. The highest BCUT2D eigenvalue weighted by atomic mass is 32.2. The van der Waals surface area contributed by atoms with Crippen molar-refractivity contribution < 1.29 is 0 Å². The van der Waals surface area contributed by atoms with Crippen LogP contribution in [-0.2, 0) is 5.41 Å². The van der Waals surface area contributed by atoms with Crippen LogP contribution in [0, 0.1) is 0 Å². The van der Waals surface area contributed by atoms with Crippen LogP contribution in [0.5, 0.6) is 0 Å². The molecule has 1 spiro atoms. The lowest BCUT2D eigenvalue weighted by atomic mass is 9.67. The van der Waals surface area contributed by atoms with Gasteiger partial charge in [0.1, 0.15) is 0 Å². The lowest BCUT2D eigenvalue weighted by Gasteiger charge is -2.39. The van der Waals surface area contributed by atoms with Crippen LogP contribution in [0.2, 0.25) is 0 Å². The third-order valence-electron chi connectivity index (χ3n) is 14.0. The van der Waals surface area contributed by atoms with E-state index in [1.54, 1.807) is 0 Å². The molecule has 0 atom stereocenters. The maximum absolute atomic E-state index is 2.54. The molecule has 12 aromatic rings. The molecule has 1 aliphatic carbocycles. The van der Waals surface area contributed by atoms with Crippen LogP contribution >= 0.6 is 11.8 Å². The van der Waals surface area contributed by atoms with Gasteiger partial charge in [-0.3, -0.25) is 0 Å². The highest BCUT2D eigenvalue weighted by molar-refractivity contribution is 7.99. The quantitative estimate of drug-likeness (QED) is 0.161. The van der Waals surface area contributed by atoms with Crippen molar-refractivity contribution in [3.05, 3.63) is 247 Å². The highest BCUT2D eigenvalue weighted by Crippen LogP contribution is 2.63. The molecule has 0 radical (unpaired) electrons. The summed E-state index contributed by atoms with van der Waals surface area (Å²) < 4.78 is 2.49. The topological polar surface area (TPSA) is 4.93 Å². The molecule has 14 rings (SSSR count). The zero-order valence-corrected chi connectivity index (χ0v) is 35.0. The molecule has 2 heteroatoms. The second-order valence-electron chi connectivity index (χ2n) is 17.1. The van der Waals surface area contributed by atoms with E-state index in [0.717, 1.165) is 5.69 Å². The van der Waals surface area contributed by atoms with E-state index in [1.165, 1.54) is 120 Å². The van der Waals surface area contributed by atoms with Gasteiger partial charge in [0.2, 0.25) is 0 Å². The summed E-state index contributed by atoms with van der Waals surface area (Å²) in [7, 11) is 0. The average molecular weight is 816 g/mol. The highest BCUT2D eigenvalue weighted by Gasteiger charge is 2.50. The second kappa shape index (κ2) is 13.2. The molecule has 11 aromatic carbocycles. The van der Waals surface area contributed by atoms with Crippen LogP contribution in [-0.4, -0.2) is 4.57 Å². The van der Waals surface area contributed by atoms with Crippen molar-refractivity contribution in [1.82, 2.24) is 4.57 Å². The van der Waals surface area contributed by atoms with Crippen molar-refractivity contribution in [3.63, 3.8) is 0 Å². The molecule has 0 fully saturated rings. The Morgan fingerprint density at radius 3 is 1.48 bits per heavy atom. The molecule has 1 nitrogen and oxygen atoms in total. The van der Waals surface area contributed by atoms with Crippen LogP contribution in [0.3, 0.4) is 0 Å². The summed E-state index contributed by atoms with van der Waals surface area (Å²) in [5, 5.41) is 10.3. The summed E-state index contributed by atoms with van der Waals surface area (Å²) in [5.41, 5.74) is 16.0. The van der Waals surface area contributed by atoms with E-state index < -0.39 is 5.41 Å². The second-order valence-corrected chi connectivity index (χ2v) is 18.2. The van der Waals surface area contributed by atoms with Gasteiger partial charge in [-0.05, 0) is 149 Å². The van der Waals surface area contributed by atoms with Crippen LogP contribution in [0.4, 0.5) is 0 Å². The molecule has 0 bridgehead atoms. The Morgan fingerprint density at radius 1 is 0.286 bits per heavy atom. The van der Waals surface area contributed by atoms with Gasteiger partial charge in [0, 0.05) is 26.3 Å². The van der Waals surface area contributed by atoms with Crippen molar-refractivity contribution in [2.45, 2.75) is 15.2 Å². The van der Waals surface area contributed by atoms with E-state index in [4.69, 9.17) is 0 Å². The SMILES string of the molecule is c1ccc(-n2c3ccc(-c4cccc(-c5ccc6c7ccccc7c7ccccc7c6c5)c4)cc3c3cc4c(cc32)C2(c3ccccc3Sc3ccccc32)c2ccccc2-4)cc1. The van der Waals surface area contributed by atoms with Crippen molar-refractivity contribution >= 4 is 65.9 Å². The average Bonchev–Trinajstić information content (AvgIpc) is 3.83. The molecule has 0 unspecified atom stereocenters. The summed E-state index contributed by atoms with van der Waals surface area (Å²) in [6.07, 6.45) is 0. The Hall–Kier alpha value is -7.65. The molecule has 0 amide bonds. The maximum Gasteiger partial charge on any atom is 0.0736 e. The Labute approximate surface area is 369 Å². The summed E-state index contributed by atoms with van der Waals surface area (Å²) in [6, 6.07) is 84.1. The van der Waals surface area contributed by atoms with Gasteiger partial charge in [-0.2, -0.15) is 0 Å². The van der Waals surface area contributed by atoms with Gasteiger partial charge in [-0.1, -0.05) is 176 Å². The predicted octanol–water partition coefficient (Wildman–Crippen LogP) is 16.4. The molecule has 1 aliphatic heterocycles. The number of hydrogen-bond donors (Lipinski definition) is 0. The standard InChI is InChI=1S/C61H37NS/c1-2-17-42(18-3-1)62-57-32-30-41(39-16-14-15-38(33-39)40-29-31-47-45-21-5-4-19-43(45)44-20-6-7-22-46(44)49(47)34-40)35-51(57)52-36-50-48-23-8-9-24-53(48)61(56(50)37-58(52)62)54-25-10-12-27-59(54)63-60-28-13-11-26-55(60)61/h1-37H. The molecule has 292 valence electrons. The van der Waals surface area contributed by atoms with Gasteiger partial charge in [0.15, 0.2) is 0 Å². The Bertz CT molecular complexity index is 3810. The minimum atomic E-state index is -0.440. The fourth-order valence-electron chi connectivity index (χ4n) is 11.4. The number of benzene rings is 11. The van der Waals surface area contributed by atoms with Gasteiger partial charge >= 0.3 is 0 Å². The number of nitrogens with zero attached hydrogens (tertiary/aromatic N) is 1. The lowest BCUT2D eigenvalue weighted by Crippen LogP contribution is -2.31. The van der Waals surface area contributed by atoms with Gasteiger partial charge in [-0.15, -0.1) is 0 Å². The van der Waals surface area contributed by atoms with Gasteiger partial charge in [0.25, 0.3) is 0 Å². The fourth-order valence-corrected chi connectivity index (χ4v) is 12.6. The first-order valence-corrected chi connectivity index (χ1v) is 22.6. The van der Waals surface area contributed by atoms with Crippen molar-refractivity contribution in [1.29, 1.82) is 0 Å². The zero-order chi connectivity index (χ0) is 41.2. The monoisotopic (exact) mass is 815 g/mol. The first kappa shape index (κ1) is 35.0. The van der Waals surface area contributed by atoms with Gasteiger partial charge in [-0.25, -0.2) is 0 Å². The predicted molar refractivity (Wildman–Crippen MR) is 266 cm³/mol. The first-order valence-electron chi connectivity index (χ1n) is 21.8. The van der Waals surface area contributed by atoms with E-state index in [2.05, 4.69) is 229 Å². The number of aromatic nitrogens is 1. The van der Waals surface area contributed by atoms with Crippen LogP contribution < -0.4 is 0 Å².